The van der Waals surface area contributed by atoms with Crippen molar-refractivity contribution in [1.82, 2.24) is 9.80 Å². The number of rotatable bonds is 4. The van der Waals surface area contributed by atoms with Crippen LogP contribution in [-0.2, 0) is 13.1 Å². The van der Waals surface area contributed by atoms with E-state index < -0.39 is 0 Å². The molecular weight excluding hydrogens is 340 g/mol. The maximum absolute atomic E-state index is 12.4. The average Bonchev–Trinajstić information content (AvgIpc) is 2.83. The van der Waals surface area contributed by atoms with Gasteiger partial charge in [-0.1, -0.05) is 27.2 Å². The van der Waals surface area contributed by atoms with Gasteiger partial charge in [-0.05, 0) is 56.0 Å². The van der Waals surface area contributed by atoms with E-state index >= 15 is 0 Å². The fourth-order valence-corrected chi connectivity index (χ4v) is 6.12. The minimum absolute atomic E-state index is 0.155. The Morgan fingerprint density at radius 1 is 1.15 bits per heavy atom. The average molecular weight is 375 g/mol. The van der Waals surface area contributed by atoms with Crippen LogP contribution in [-0.4, -0.2) is 40.6 Å². The summed E-state index contributed by atoms with van der Waals surface area (Å²) in [5.74, 6) is 0.155. The van der Waals surface area contributed by atoms with Crippen molar-refractivity contribution in [3.63, 3.8) is 0 Å². The number of fused-ring (bicyclic) bond motifs is 2. The van der Waals surface area contributed by atoms with Crippen LogP contribution >= 0.6 is 0 Å². The third kappa shape index (κ3) is 3.95. The quantitative estimate of drug-likeness (QED) is 0.870. The van der Waals surface area contributed by atoms with E-state index in [-0.39, 0.29) is 11.4 Å². The number of nitrogens with zero attached hydrogens (tertiary/aromatic N) is 2. The SMILES string of the molecule is CC1(C)C[C@@H]2C[C@](C)(CN2Cc2c(O)c(CN3CCCCC3)coc2=O)C1. The van der Waals surface area contributed by atoms with Gasteiger partial charge < -0.3 is 9.52 Å². The normalized spacial score (nSPS) is 31.3. The van der Waals surface area contributed by atoms with Crippen LogP contribution in [0.2, 0.25) is 0 Å². The molecule has 1 aromatic rings. The van der Waals surface area contributed by atoms with Gasteiger partial charge in [0.2, 0.25) is 0 Å². The van der Waals surface area contributed by atoms with E-state index in [0.717, 1.165) is 31.6 Å². The molecule has 150 valence electrons. The summed E-state index contributed by atoms with van der Waals surface area (Å²) in [4.78, 5) is 17.2. The summed E-state index contributed by atoms with van der Waals surface area (Å²) in [6.45, 7) is 11.3. The smallest absolute Gasteiger partial charge is 0.343 e. The molecule has 3 fully saturated rings. The minimum Gasteiger partial charge on any atom is -0.507 e. The van der Waals surface area contributed by atoms with E-state index in [9.17, 15) is 9.90 Å². The number of aromatic hydroxyl groups is 1. The Labute approximate surface area is 162 Å². The highest BCUT2D eigenvalue weighted by atomic mass is 16.4. The molecule has 0 radical (unpaired) electrons. The summed E-state index contributed by atoms with van der Waals surface area (Å²) in [6.07, 6.45) is 8.72. The standard InChI is InChI=1S/C22H34N2O3/c1-21(2)9-17-10-22(3,14-21)15-24(17)12-18-19(25)16(13-27-20(18)26)11-23-7-5-4-6-8-23/h13,17,25H,4-12,14-15H2,1-3H3/t17-,22+/m1/s1. The van der Waals surface area contributed by atoms with Crippen LogP contribution in [0.3, 0.4) is 0 Å². The Kier molecular flexibility index (Phi) is 4.88. The van der Waals surface area contributed by atoms with E-state index in [1.165, 1.54) is 38.4 Å². The third-order valence-electron chi connectivity index (χ3n) is 6.87. The van der Waals surface area contributed by atoms with Gasteiger partial charge in [0.15, 0.2) is 0 Å². The summed E-state index contributed by atoms with van der Waals surface area (Å²) in [7, 11) is 0. The molecule has 27 heavy (non-hydrogen) atoms. The van der Waals surface area contributed by atoms with Crippen molar-refractivity contribution in [2.75, 3.05) is 19.6 Å². The van der Waals surface area contributed by atoms with Gasteiger partial charge in [0.05, 0.1) is 5.56 Å². The molecule has 1 aromatic heterocycles. The zero-order valence-corrected chi connectivity index (χ0v) is 17.1. The Morgan fingerprint density at radius 3 is 2.63 bits per heavy atom. The fraction of sp³-hybridized carbons (Fsp3) is 0.773. The molecule has 0 unspecified atom stereocenters. The lowest BCUT2D eigenvalue weighted by atomic mass is 9.65. The van der Waals surface area contributed by atoms with Gasteiger partial charge in [-0.3, -0.25) is 9.80 Å². The Hall–Kier alpha value is -1.33. The first kappa shape index (κ1) is 19.0. The number of piperidine rings is 1. The Morgan fingerprint density at radius 2 is 1.89 bits per heavy atom. The van der Waals surface area contributed by atoms with E-state index in [1.807, 2.05) is 0 Å². The van der Waals surface area contributed by atoms with E-state index in [1.54, 1.807) is 0 Å². The highest BCUT2D eigenvalue weighted by Crippen LogP contribution is 2.52. The first-order valence-corrected chi connectivity index (χ1v) is 10.5. The predicted molar refractivity (Wildman–Crippen MR) is 106 cm³/mol. The van der Waals surface area contributed by atoms with Crippen molar-refractivity contribution in [2.45, 2.75) is 78.4 Å². The van der Waals surface area contributed by atoms with Gasteiger partial charge in [-0.25, -0.2) is 4.79 Å². The lowest BCUT2D eigenvalue weighted by molar-refractivity contribution is 0.126. The molecule has 2 bridgehead atoms. The number of hydrogen-bond donors (Lipinski definition) is 1. The second-order valence-corrected chi connectivity index (χ2v) is 10.3. The van der Waals surface area contributed by atoms with Crippen LogP contribution in [0.4, 0.5) is 0 Å². The maximum Gasteiger partial charge on any atom is 0.343 e. The molecule has 3 heterocycles. The molecule has 5 heteroatoms. The van der Waals surface area contributed by atoms with E-state index in [0.29, 0.717) is 35.5 Å². The lowest BCUT2D eigenvalue weighted by Gasteiger charge is -2.39. The molecule has 1 saturated carbocycles. The summed E-state index contributed by atoms with van der Waals surface area (Å²) < 4.78 is 5.33. The van der Waals surface area contributed by atoms with Crippen LogP contribution in [0.5, 0.6) is 5.75 Å². The molecule has 0 amide bonds. The van der Waals surface area contributed by atoms with Crippen LogP contribution in [0.15, 0.2) is 15.5 Å². The van der Waals surface area contributed by atoms with Crippen molar-refractivity contribution >= 4 is 0 Å². The van der Waals surface area contributed by atoms with Crippen LogP contribution < -0.4 is 5.63 Å². The van der Waals surface area contributed by atoms with Gasteiger partial charge >= 0.3 is 5.63 Å². The number of likely N-dealkylation sites (tertiary alicyclic amines) is 2. The van der Waals surface area contributed by atoms with Gasteiger partial charge in [-0.2, -0.15) is 0 Å². The molecule has 4 rings (SSSR count). The van der Waals surface area contributed by atoms with E-state index in [2.05, 4.69) is 30.6 Å². The molecule has 2 atom stereocenters. The summed E-state index contributed by atoms with van der Waals surface area (Å²) >= 11 is 0. The van der Waals surface area contributed by atoms with E-state index in [4.69, 9.17) is 4.42 Å². The molecule has 1 aliphatic carbocycles. The largest absolute Gasteiger partial charge is 0.507 e. The van der Waals surface area contributed by atoms with Crippen LogP contribution in [0.25, 0.3) is 0 Å². The molecule has 2 saturated heterocycles. The van der Waals surface area contributed by atoms with Crippen molar-refractivity contribution < 1.29 is 9.52 Å². The van der Waals surface area contributed by atoms with Gasteiger partial charge in [0.25, 0.3) is 0 Å². The van der Waals surface area contributed by atoms with Crippen molar-refractivity contribution in [1.29, 1.82) is 0 Å². The highest BCUT2D eigenvalue weighted by molar-refractivity contribution is 5.36. The highest BCUT2D eigenvalue weighted by Gasteiger charge is 2.49. The third-order valence-corrected chi connectivity index (χ3v) is 6.87. The second-order valence-electron chi connectivity index (χ2n) is 10.3. The molecule has 5 nitrogen and oxygen atoms in total. The zero-order chi connectivity index (χ0) is 19.2. The summed E-state index contributed by atoms with van der Waals surface area (Å²) in [5, 5.41) is 10.9. The minimum atomic E-state index is -0.388. The zero-order valence-electron chi connectivity index (χ0n) is 17.1. The molecular formula is C22H34N2O3. The fourth-order valence-electron chi connectivity index (χ4n) is 6.12. The Balaban J connectivity index is 1.54. The summed E-state index contributed by atoms with van der Waals surface area (Å²) in [5.41, 5.74) is 1.46. The van der Waals surface area contributed by atoms with Gasteiger partial charge in [0.1, 0.15) is 12.0 Å². The number of hydrogen-bond acceptors (Lipinski definition) is 5. The first-order chi connectivity index (χ1) is 12.7. The molecule has 0 aromatic carbocycles. The lowest BCUT2D eigenvalue weighted by Crippen LogP contribution is -2.35. The van der Waals surface area contributed by atoms with Crippen LogP contribution in [0.1, 0.15) is 70.4 Å². The van der Waals surface area contributed by atoms with Crippen molar-refractivity contribution in [3.8, 4) is 5.75 Å². The summed E-state index contributed by atoms with van der Waals surface area (Å²) in [6, 6.07) is 0.489. The van der Waals surface area contributed by atoms with Crippen LogP contribution in [0, 0.1) is 10.8 Å². The molecule has 2 aliphatic heterocycles. The van der Waals surface area contributed by atoms with Gasteiger partial charge in [-0.15, -0.1) is 0 Å². The monoisotopic (exact) mass is 374 g/mol. The van der Waals surface area contributed by atoms with Crippen molar-refractivity contribution in [2.24, 2.45) is 10.8 Å². The molecule has 0 spiro atoms. The second kappa shape index (κ2) is 6.93. The molecule has 3 aliphatic rings. The Bertz CT molecular complexity index is 750. The first-order valence-electron chi connectivity index (χ1n) is 10.5. The van der Waals surface area contributed by atoms with Crippen molar-refractivity contribution in [3.05, 3.63) is 27.8 Å². The topological polar surface area (TPSA) is 56.9 Å². The molecule has 1 N–H and O–H groups in total. The predicted octanol–water partition coefficient (Wildman–Crippen LogP) is 3.73. The van der Waals surface area contributed by atoms with Gasteiger partial charge in [0, 0.05) is 31.2 Å². The maximum atomic E-state index is 12.4.